The molecule has 4 nitrogen and oxygen atoms in total. The number of benzene rings is 1. The van der Waals surface area contributed by atoms with Crippen molar-refractivity contribution in [2.75, 3.05) is 6.61 Å². The number of carbonyl (C=O) groups is 1. The molecule has 1 aromatic carbocycles. The highest BCUT2D eigenvalue weighted by Crippen LogP contribution is 2.67. The summed E-state index contributed by atoms with van der Waals surface area (Å²) >= 11 is 0. The van der Waals surface area contributed by atoms with E-state index in [0.29, 0.717) is 34.6 Å². The lowest BCUT2D eigenvalue weighted by atomic mass is 9.46. The normalized spacial score (nSPS) is 30.9. The van der Waals surface area contributed by atoms with E-state index < -0.39 is 0 Å². The lowest BCUT2D eigenvalue weighted by Gasteiger charge is -2.58. The van der Waals surface area contributed by atoms with Crippen molar-refractivity contribution < 1.29 is 9.53 Å². The number of ether oxygens (including phenoxy) is 1. The molecule has 3 aromatic rings. The minimum Gasteiger partial charge on any atom is -0.462 e. The molecule has 50 heavy (non-hydrogen) atoms. The Bertz CT molecular complexity index is 1590. The van der Waals surface area contributed by atoms with Crippen molar-refractivity contribution in [2.45, 2.75) is 112 Å². The number of aromatic nitrogens is 2. The van der Waals surface area contributed by atoms with E-state index in [9.17, 15) is 4.79 Å². The van der Waals surface area contributed by atoms with Crippen molar-refractivity contribution >= 4 is 5.97 Å². The summed E-state index contributed by atoms with van der Waals surface area (Å²) in [6.45, 7) is 13.1. The number of carbonyl (C=O) groups excluding carboxylic acids is 1. The topological polar surface area (TPSA) is 52.1 Å². The fourth-order valence-corrected chi connectivity index (χ4v) is 11.5. The van der Waals surface area contributed by atoms with Gasteiger partial charge in [-0.2, -0.15) is 0 Å². The molecule has 0 N–H and O–H groups in total. The zero-order valence-corrected chi connectivity index (χ0v) is 31.4. The third-order valence-corrected chi connectivity index (χ3v) is 14.2. The number of pyridine rings is 2. The van der Waals surface area contributed by atoms with E-state index in [-0.39, 0.29) is 5.97 Å². The Labute approximate surface area is 301 Å². The van der Waals surface area contributed by atoms with Crippen molar-refractivity contribution in [3.8, 4) is 22.6 Å². The van der Waals surface area contributed by atoms with E-state index in [2.05, 4.69) is 45.7 Å². The van der Waals surface area contributed by atoms with Crippen LogP contribution in [-0.2, 0) is 4.74 Å². The van der Waals surface area contributed by atoms with Gasteiger partial charge < -0.3 is 4.74 Å². The summed E-state index contributed by atoms with van der Waals surface area (Å²) in [5.74, 6) is 5.51. The highest BCUT2D eigenvalue weighted by Gasteiger charge is 2.59. The van der Waals surface area contributed by atoms with Crippen LogP contribution in [0.4, 0.5) is 0 Å². The lowest BCUT2D eigenvalue weighted by molar-refractivity contribution is -0.0533. The van der Waals surface area contributed by atoms with Gasteiger partial charge in [0, 0.05) is 11.8 Å². The second kappa shape index (κ2) is 14.8. The fraction of sp³-hybridized carbons (Fsp3) is 0.587. The minimum absolute atomic E-state index is 0.281. The van der Waals surface area contributed by atoms with Crippen LogP contribution in [0.25, 0.3) is 22.6 Å². The van der Waals surface area contributed by atoms with Crippen molar-refractivity contribution in [2.24, 2.45) is 52.3 Å². The average molecular weight is 673 g/mol. The first kappa shape index (κ1) is 35.1. The molecular formula is C46H60N2O2. The Morgan fingerprint density at radius 1 is 0.880 bits per heavy atom. The van der Waals surface area contributed by atoms with E-state index in [4.69, 9.17) is 9.72 Å². The molecule has 2 aromatic heterocycles. The maximum Gasteiger partial charge on any atom is 0.338 e. The smallest absolute Gasteiger partial charge is 0.338 e. The van der Waals surface area contributed by atoms with Gasteiger partial charge in [-0.1, -0.05) is 102 Å². The van der Waals surface area contributed by atoms with E-state index in [1.54, 1.807) is 11.8 Å². The second-order valence-electron chi connectivity index (χ2n) is 17.5. The van der Waals surface area contributed by atoms with Crippen molar-refractivity contribution in [1.82, 2.24) is 9.97 Å². The molecular weight excluding hydrogens is 613 g/mol. The predicted octanol–water partition coefficient (Wildman–Crippen LogP) is 12.0. The van der Waals surface area contributed by atoms with Crippen LogP contribution >= 0.6 is 0 Å². The number of nitrogens with zero attached hydrogens (tertiary/aromatic N) is 2. The Hall–Kier alpha value is -3.27. The molecule has 8 atom stereocenters. The van der Waals surface area contributed by atoms with Gasteiger partial charge in [0.05, 0.1) is 29.3 Å². The first-order chi connectivity index (χ1) is 24.2. The SMILES string of the molecule is CC(C)CCC[C@@H](C)[C@H]1CC[C@H]2[C@@H]3CC=C4C[C@@H](CCOC(=O)c5cc(-c6ccccc6)nc(-c6ccccn6)c5)CC[C@]4(C)[C@H]3CC[C@]12C. The zero-order chi connectivity index (χ0) is 34.9. The molecule has 266 valence electrons. The van der Waals surface area contributed by atoms with Gasteiger partial charge >= 0.3 is 5.97 Å². The fourth-order valence-electron chi connectivity index (χ4n) is 11.5. The largest absolute Gasteiger partial charge is 0.462 e. The van der Waals surface area contributed by atoms with Gasteiger partial charge in [-0.3, -0.25) is 4.98 Å². The van der Waals surface area contributed by atoms with Crippen molar-refractivity contribution in [1.29, 1.82) is 0 Å². The summed E-state index contributed by atoms with van der Waals surface area (Å²) < 4.78 is 5.98. The summed E-state index contributed by atoms with van der Waals surface area (Å²) in [5.41, 5.74) is 6.29. The summed E-state index contributed by atoms with van der Waals surface area (Å²) in [6.07, 6.45) is 20.3. The first-order valence-electron chi connectivity index (χ1n) is 20.0. The quantitative estimate of drug-likeness (QED) is 0.150. The first-order valence-corrected chi connectivity index (χ1v) is 20.0. The molecule has 0 radical (unpaired) electrons. The third kappa shape index (κ3) is 6.98. The maximum atomic E-state index is 13.5. The molecule has 3 saturated carbocycles. The highest BCUT2D eigenvalue weighted by molar-refractivity contribution is 5.92. The number of hydrogen-bond acceptors (Lipinski definition) is 4. The number of allylic oxidation sites excluding steroid dienone is 2. The van der Waals surface area contributed by atoms with E-state index in [1.165, 1.54) is 70.6 Å². The molecule has 4 heteroatoms. The third-order valence-electron chi connectivity index (χ3n) is 14.2. The van der Waals surface area contributed by atoms with Crippen LogP contribution in [0.15, 0.2) is 78.5 Å². The zero-order valence-electron chi connectivity index (χ0n) is 31.4. The van der Waals surface area contributed by atoms with Crippen LogP contribution in [0.5, 0.6) is 0 Å². The maximum absolute atomic E-state index is 13.5. The number of rotatable bonds is 11. The summed E-state index contributed by atoms with van der Waals surface area (Å²) in [4.78, 5) is 22.8. The van der Waals surface area contributed by atoms with Crippen LogP contribution in [0.3, 0.4) is 0 Å². The van der Waals surface area contributed by atoms with Crippen molar-refractivity contribution in [3.63, 3.8) is 0 Å². The van der Waals surface area contributed by atoms with Crippen LogP contribution in [0.2, 0.25) is 0 Å². The molecule has 0 spiro atoms. The predicted molar refractivity (Wildman–Crippen MR) is 204 cm³/mol. The van der Waals surface area contributed by atoms with Crippen molar-refractivity contribution in [3.05, 3.63) is 84.1 Å². The van der Waals surface area contributed by atoms with Crippen LogP contribution in [-0.4, -0.2) is 22.5 Å². The second-order valence-corrected chi connectivity index (χ2v) is 17.5. The molecule has 4 aliphatic rings. The van der Waals surface area contributed by atoms with Crippen LogP contribution in [0, 0.1) is 52.3 Å². The Balaban J connectivity index is 0.975. The molecule has 7 rings (SSSR count). The molecule has 0 saturated heterocycles. The van der Waals surface area contributed by atoms with Gasteiger partial charge in [-0.15, -0.1) is 0 Å². The van der Waals surface area contributed by atoms with Gasteiger partial charge in [-0.05, 0) is 134 Å². The monoisotopic (exact) mass is 672 g/mol. The Kier molecular flexibility index (Phi) is 10.4. The van der Waals surface area contributed by atoms with E-state index >= 15 is 0 Å². The van der Waals surface area contributed by atoms with Gasteiger partial charge in [-0.25, -0.2) is 9.78 Å². The van der Waals surface area contributed by atoms with Gasteiger partial charge in [0.25, 0.3) is 0 Å². The summed E-state index contributed by atoms with van der Waals surface area (Å²) in [7, 11) is 0. The molecule has 0 amide bonds. The molecule has 2 heterocycles. The van der Waals surface area contributed by atoms with Gasteiger partial charge in [0.15, 0.2) is 0 Å². The summed E-state index contributed by atoms with van der Waals surface area (Å²) in [5, 5.41) is 0. The Morgan fingerprint density at radius 2 is 1.68 bits per heavy atom. The van der Waals surface area contributed by atoms with Gasteiger partial charge in [0.1, 0.15) is 0 Å². The number of hydrogen-bond donors (Lipinski definition) is 0. The Morgan fingerprint density at radius 3 is 2.46 bits per heavy atom. The standard InChI is InChI=1S/C46H60N2O2/c1-31(2)12-11-13-32(3)38-19-20-39-37-18-17-36-28-33(21-24-45(36,4)40(37)22-25-46(38,39)5)23-27-50-44(49)35-29-42(34-14-7-6-8-15-34)48-43(30-35)41-16-9-10-26-47-41/h6-10,14-17,26,29-33,37-40H,11-13,18-25,27-28H2,1-5H3/t32-,33-,37+,38-,39+,40+,45+,46-/m1/s1. The van der Waals surface area contributed by atoms with Crippen LogP contribution in [0.1, 0.15) is 122 Å². The molecule has 3 fully saturated rings. The molecule has 0 bridgehead atoms. The highest BCUT2D eigenvalue weighted by atomic mass is 16.5. The number of esters is 1. The average Bonchev–Trinajstić information content (AvgIpc) is 3.49. The molecule has 0 aliphatic heterocycles. The minimum atomic E-state index is -0.281. The lowest BCUT2D eigenvalue weighted by Crippen LogP contribution is -2.50. The van der Waals surface area contributed by atoms with E-state index in [1.807, 2.05) is 60.7 Å². The molecule has 0 unspecified atom stereocenters. The van der Waals surface area contributed by atoms with E-state index in [0.717, 1.165) is 58.9 Å². The van der Waals surface area contributed by atoms with Crippen LogP contribution < -0.4 is 0 Å². The number of fused-ring (bicyclic) bond motifs is 5. The molecule has 4 aliphatic carbocycles. The summed E-state index contributed by atoms with van der Waals surface area (Å²) in [6, 6.07) is 19.5. The van der Waals surface area contributed by atoms with Gasteiger partial charge in [0.2, 0.25) is 0 Å².